The molecule has 134 valence electrons. The monoisotopic (exact) mass is 369 g/mol. The van der Waals surface area contributed by atoms with Crippen LogP contribution >= 0.6 is 11.3 Å². The highest BCUT2D eigenvalue weighted by Crippen LogP contribution is 2.27. The quantitative estimate of drug-likeness (QED) is 0.692. The summed E-state index contributed by atoms with van der Waals surface area (Å²) in [7, 11) is 1.56. The molecule has 0 atom stereocenters. The van der Waals surface area contributed by atoms with Crippen molar-refractivity contribution in [2.45, 2.75) is 13.5 Å². The van der Waals surface area contributed by atoms with Crippen LogP contribution in [0, 0.1) is 6.92 Å². The molecule has 2 heterocycles. The van der Waals surface area contributed by atoms with E-state index in [4.69, 9.17) is 9.47 Å². The summed E-state index contributed by atoms with van der Waals surface area (Å²) >= 11 is 1.55. The summed E-state index contributed by atoms with van der Waals surface area (Å²) in [4.78, 5) is 21.7. The molecule has 0 saturated carbocycles. The average molecular weight is 369 g/mol. The lowest BCUT2D eigenvalue weighted by atomic mass is 10.3. The molecule has 0 spiro atoms. The summed E-state index contributed by atoms with van der Waals surface area (Å²) in [5.41, 5.74) is 1.87. The molecule has 0 saturated heterocycles. The van der Waals surface area contributed by atoms with E-state index in [0.29, 0.717) is 18.0 Å². The molecular weight excluding hydrogens is 350 g/mol. The Labute approximate surface area is 155 Å². The third kappa shape index (κ3) is 4.37. The Kier molecular flexibility index (Phi) is 5.80. The predicted molar refractivity (Wildman–Crippen MR) is 100 cm³/mol. The summed E-state index contributed by atoms with van der Waals surface area (Å²) in [6, 6.07) is 11.1. The van der Waals surface area contributed by atoms with Gasteiger partial charge in [0, 0.05) is 22.8 Å². The van der Waals surface area contributed by atoms with E-state index in [-0.39, 0.29) is 12.5 Å². The first kappa shape index (κ1) is 17.9. The van der Waals surface area contributed by atoms with Crippen molar-refractivity contribution in [2.24, 2.45) is 0 Å². The second kappa shape index (κ2) is 8.44. The third-order valence-electron chi connectivity index (χ3n) is 3.68. The number of amides is 1. The molecule has 0 unspecified atom stereocenters. The molecule has 6 nitrogen and oxygen atoms in total. The normalized spacial score (nSPS) is 10.4. The van der Waals surface area contributed by atoms with Crippen LogP contribution in [0.3, 0.4) is 0 Å². The van der Waals surface area contributed by atoms with Gasteiger partial charge in [-0.05, 0) is 31.2 Å². The van der Waals surface area contributed by atoms with Gasteiger partial charge in [-0.1, -0.05) is 12.1 Å². The minimum absolute atomic E-state index is 0.0757. The van der Waals surface area contributed by atoms with E-state index in [0.717, 1.165) is 21.1 Å². The van der Waals surface area contributed by atoms with Gasteiger partial charge in [0.25, 0.3) is 5.91 Å². The second-order valence-corrected chi connectivity index (χ2v) is 6.57. The molecule has 26 heavy (non-hydrogen) atoms. The molecule has 3 aromatic rings. The molecule has 1 N–H and O–H groups in total. The van der Waals surface area contributed by atoms with Crippen molar-refractivity contribution in [1.82, 2.24) is 15.3 Å². The molecule has 7 heteroatoms. The van der Waals surface area contributed by atoms with Crippen molar-refractivity contribution in [3.63, 3.8) is 0 Å². The number of para-hydroxylation sites is 2. The average Bonchev–Trinajstić information content (AvgIpc) is 3.06. The first-order valence-corrected chi connectivity index (χ1v) is 8.88. The Morgan fingerprint density at radius 2 is 2.00 bits per heavy atom. The largest absolute Gasteiger partial charge is 0.493 e. The van der Waals surface area contributed by atoms with E-state index in [2.05, 4.69) is 15.3 Å². The van der Waals surface area contributed by atoms with Gasteiger partial charge in [-0.15, -0.1) is 11.3 Å². The van der Waals surface area contributed by atoms with Crippen LogP contribution < -0.4 is 14.8 Å². The van der Waals surface area contributed by atoms with Crippen LogP contribution in [0.1, 0.15) is 10.6 Å². The van der Waals surface area contributed by atoms with Crippen molar-refractivity contribution >= 4 is 17.2 Å². The number of benzene rings is 1. The fraction of sp³-hybridized carbons (Fsp3) is 0.211. The summed E-state index contributed by atoms with van der Waals surface area (Å²) < 4.78 is 10.7. The van der Waals surface area contributed by atoms with E-state index in [9.17, 15) is 4.79 Å². The van der Waals surface area contributed by atoms with Crippen LogP contribution in [0.2, 0.25) is 0 Å². The lowest BCUT2D eigenvalue weighted by Crippen LogP contribution is -2.28. The van der Waals surface area contributed by atoms with Crippen molar-refractivity contribution in [1.29, 1.82) is 0 Å². The van der Waals surface area contributed by atoms with E-state index < -0.39 is 0 Å². The summed E-state index contributed by atoms with van der Waals surface area (Å²) in [6.45, 7) is 2.27. The zero-order valence-corrected chi connectivity index (χ0v) is 15.4. The topological polar surface area (TPSA) is 73.3 Å². The number of methoxy groups -OCH3 is 1. The minimum Gasteiger partial charge on any atom is -0.493 e. The number of ether oxygens (including phenoxy) is 2. The number of hydrogen-bond acceptors (Lipinski definition) is 6. The van der Waals surface area contributed by atoms with Crippen molar-refractivity contribution in [3.05, 3.63) is 59.4 Å². The van der Waals surface area contributed by atoms with Gasteiger partial charge in [-0.25, -0.2) is 4.98 Å². The molecule has 0 bridgehead atoms. The fourth-order valence-corrected chi connectivity index (χ4v) is 3.31. The maximum atomic E-state index is 12.1. The summed E-state index contributed by atoms with van der Waals surface area (Å²) in [6.07, 6.45) is 3.51. The lowest BCUT2D eigenvalue weighted by molar-refractivity contribution is -0.123. The van der Waals surface area contributed by atoms with Crippen LogP contribution in [0.4, 0.5) is 0 Å². The smallest absolute Gasteiger partial charge is 0.258 e. The minimum atomic E-state index is -0.202. The zero-order chi connectivity index (χ0) is 18.4. The molecule has 3 rings (SSSR count). The van der Waals surface area contributed by atoms with Gasteiger partial charge < -0.3 is 14.8 Å². The fourth-order valence-electron chi connectivity index (χ4n) is 2.32. The number of thiazole rings is 1. The number of aryl methyl sites for hydroxylation is 1. The molecule has 0 radical (unpaired) electrons. The van der Waals surface area contributed by atoms with Gasteiger partial charge in [0.15, 0.2) is 18.1 Å². The van der Waals surface area contributed by atoms with Crippen molar-refractivity contribution in [2.75, 3.05) is 13.7 Å². The number of carbonyl (C=O) groups is 1. The predicted octanol–water partition coefficient (Wildman–Crippen LogP) is 3.22. The molecule has 0 aliphatic carbocycles. The second-order valence-electron chi connectivity index (χ2n) is 5.49. The van der Waals surface area contributed by atoms with Crippen molar-refractivity contribution in [3.8, 4) is 22.1 Å². The van der Waals surface area contributed by atoms with Crippen LogP contribution in [0.5, 0.6) is 11.5 Å². The first-order valence-electron chi connectivity index (χ1n) is 8.06. The highest BCUT2D eigenvalue weighted by molar-refractivity contribution is 7.15. The number of aromatic nitrogens is 2. The van der Waals surface area contributed by atoms with Gasteiger partial charge in [0.2, 0.25) is 0 Å². The van der Waals surface area contributed by atoms with Gasteiger partial charge >= 0.3 is 0 Å². The first-order chi connectivity index (χ1) is 12.7. The SMILES string of the molecule is COc1ccccc1OCC(=O)NCc1sc(-c2cccnc2)nc1C. The molecule has 0 aliphatic rings. The highest BCUT2D eigenvalue weighted by atomic mass is 32.1. The number of rotatable bonds is 7. The van der Waals surface area contributed by atoms with Crippen molar-refractivity contribution < 1.29 is 14.3 Å². The maximum absolute atomic E-state index is 12.1. The summed E-state index contributed by atoms with van der Waals surface area (Å²) in [5, 5.41) is 3.76. The maximum Gasteiger partial charge on any atom is 0.258 e. The number of hydrogen-bond donors (Lipinski definition) is 1. The number of nitrogens with one attached hydrogen (secondary N) is 1. The van der Waals surface area contributed by atoms with Crippen LogP contribution in [-0.2, 0) is 11.3 Å². The lowest BCUT2D eigenvalue weighted by Gasteiger charge is -2.10. The van der Waals surface area contributed by atoms with Gasteiger partial charge in [-0.3, -0.25) is 9.78 Å². The number of nitrogens with zero attached hydrogens (tertiary/aromatic N) is 2. The molecule has 1 amide bonds. The zero-order valence-electron chi connectivity index (χ0n) is 14.6. The third-order valence-corrected chi connectivity index (χ3v) is 4.88. The molecule has 0 fully saturated rings. The Balaban J connectivity index is 1.56. The van der Waals surface area contributed by atoms with Gasteiger partial charge in [0.05, 0.1) is 19.3 Å². The Bertz CT molecular complexity index is 881. The Morgan fingerprint density at radius 3 is 2.73 bits per heavy atom. The van der Waals surface area contributed by atoms with Gasteiger partial charge in [-0.2, -0.15) is 0 Å². The van der Waals surface area contributed by atoms with E-state index in [1.807, 2.05) is 31.2 Å². The van der Waals surface area contributed by atoms with Crippen LogP contribution in [0.15, 0.2) is 48.8 Å². The molecular formula is C19H19N3O3S. The van der Waals surface area contributed by atoms with E-state index in [1.54, 1.807) is 43.0 Å². The van der Waals surface area contributed by atoms with E-state index in [1.165, 1.54) is 0 Å². The molecule has 0 aliphatic heterocycles. The molecule has 1 aromatic carbocycles. The Morgan fingerprint density at radius 1 is 1.19 bits per heavy atom. The van der Waals surface area contributed by atoms with E-state index >= 15 is 0 Å². The highest BCUT2D eigenvalue weighted by Gasteiger charge is 2.11. The number of carbonyl (C=O) groups excluding carboxylic acids is 1. The molecule has 2 aromatic heterocycles. The van der Waals surface area contributed by atoms with Gasteiger partial charge in [0.1, 0.15) is 5.01 Å². The summed E-state index contributed by atoms with van der Waals surface area (Å²) in [5.74, 6) is 0.935. The Hall–Kier alpha value is -2.93. The standard InChI is InChI=1S/C19H19N3O3S/c1-13-17(26-19(22-13)14-6-5-9-20-10-14)11-21-18(23)12-25-16-8-4-3-7-15(16)24-2/h3-10H,11-12H2,1-2H3,(H,21,23). The van der Waals surface area contributed by atoms with Crippen LogP contribution in [-0.4, -0.2) is 29.6 Å². The van der Waals surface area contributed by atoms with Crippen LogP contribution in [0.25, 0.3) is 10.6 Å². The number of pyridine rings is 1.